The van der Waals surface area contributed by atoms with Crippen molar-refractivity contribution in [2.45, 2.75) is 33.0 Å². The molecular weight excluding hydrogens is 524 g/mol. The Hall–Kier alpha value is -4.27. The van der Waals surface area contributed by atoms with E-state index in [1.807, 2.05) is 4.57 Å². The summed E-state index contributed by atoms with van der Waals surface area (Å²) in [6.45, 7) is 8.87. The number of nitrogens with zero attached hydrogens (tertiary/aromatic N) is 6. The second kappa shape index (κ2) is 11.5. The maximum Gasteiger partial charge on any atom is 0.332 e. The van der Waals surface area contributed by atoms with E-state index in [2.05, 4.69) is 103 Å². The summed E-state index contributed by atoms with van der Waals surface area (Å²) in [7, 11) is 3.23. The Bertz CT molecular complexity index is 1790. The highest BCUT2D eigenvalue weighted by atomic mass is 16.2. The summed E-state index contributed by atoms with van der Waals surface area (Å²) in [5.41, 5.74) is 6.31. The van der Waals surface area contributed by atoms with Gasteiger partial charge in [0.25, 0.3) is 5.56 Å². The highest BCUT2D eigenvalue weighted by Gasteiger charge is 2.28. The smallest absolute Gasteiger partial charge is 0.317 e. The number of rotatable bonds is 7. The molecular formula is C34H38N6O2. The van der Waals surface area contributed by atoms with E-state index in [1.54, 1.807) is 7.05 Å². The molecule has 216 valence electrons. The molecule has 1 aliphatic rings. The standard InChI is InChI=1S/C34H38N6O2/c1-24-15-16-25(2)28(21-24)22-40-29(35-32-31(40)33(41)37(4)34(42)36(32)3)23-38-17-19-39(20-18-38)30(26-11-7-5-8-12-26)27-13-9-6-10-14-27/h5-16,21,30H,17-20,22-23H2,1-4H3. The quantitative estimate of drug-likeness (QED) is 0.300. The lowest BCUT2D eigenvalue weighted by Crippen LogP contribution is -2.47. The lowest BCUT2D eigenvalue weighted by Gasteiger charge is -2.39. The van der Waals surface area contributed by atoms with E-state index in [-0.39, 0.29) is 17.3 Å². The van der Waals surface area contributed by atoms with Gasteiger partial charge in [0.15, 0.2) is 11.2 Å². The first-order valence-corrected chi connectivity index (χ1v) is 14.6. The van der Waals surface area contributed by atoms with Crippen LogP contribution in [0.15, 0.2) is 88.5 Å². The van der Waals surface area contributed by atoms with Crippen molar-refractivity contribution < 1.29 is 0 Å². The summed E-state index contributed by atoms with van der Waals surface area (Å²) in [4.78, 5) is 36.1. The molecule has 0 unspecified atom stereocenters. The average molecular weight is 563 g/mol. The normalized spacial score (nSPS) is 14.7. The van der Waals surface area contributed by atoms with Gasteiger partial charge in [-0.25, -0.2) is 9.78 Å². The molecule has 0 radical (unpaired) electrons. The third-order valence-corrected chi connectivity index (χ3v) is 8.63. The number of benzene rings is 3. The van der Waals surface area contributed by atoms with Crippen LogP contribution in [0, 0.1) is 13.8 Å². The topological polar surface area (TPSA) is 68.3 Å². The summed E-state index contributed by atoms with van der Waals surface area (Å²) in [6, 6.07) is 28.0. The fraction of sp³-hybridized carbons (Fsp3) is 0.324. The lowest BCUT2D eigenvalue weighted by atomic mass is 9.96. The van der Waals surface area contributed by atoms with Gasteiger partial charge in [0.2, 0.25) is 0 Å². The van der Waals surface area contributed by atoms with Crippen LogP contribution in [-0.2, 0) is 27.2 Å². The van der Waals surface area contributed by atoms with Crippen molar-refractivity contribution in [1.82, 2.24) is 28.5 Å². The monoisotopic (exact) mass is 562 g/mol. The zero-order valence-corrected chi connectivity index (χ0v) is 24.8. The largest absolute Gasteiger partial charge is 0.332 e. The van der Waals surface area contributed by atoms with E-state index in [0.717, 1.165) is 43.1 Å². The van der Waals surface area contributed by atoms with Crippen molar-refractivity contribution >= 4 is 11.2 Å². The minimum absolute atomic E-state index is 0.195. The molecule has 8 heteroatoms. The molecule has 3 aromatic carbocycles. The summed E-state index contributed by atoms with van der Waals surface area (Å²) in [6.07, 6.45) is 0. The Morgan fingerprint density at radius 2 is 1.38 bits per heavy atom. The zero-order valence-electron chi connectivity index (χ0n) is 24.8. The maximum atomic E-state index is 13.4. The fourth-order valence-corrected chi connectivity index (χ4v) is 6.19. The summed E-state index contributed by atoms with van der Waals surface area (Å²) in [5.74, 6) is 0.806. The molecule has 3 heterocycles. The second-order valence-corrected chi connectivity index (χ2v) is 11.5. The summed E-state index contributed by atoms with van der Waals surface area (Å²) in [5, 5.41) is 0. The minimum atomic E-state index is -0.364. The first-order chi connectivity index (χ1) is 20.3. The van der Waals surface area contributed by atoms with E-state index in [4.69, 9.17) is 4.98 Å². The number of hydrogen-bond donors (Lipinski definition) is 0. The zero-order chi connectivity index (χ0) is 29.4. The molecule has 5 aromatic rings. The maximum absolute atomic E-state index is 13.4. The number of hydrogen-bond acceptors (Lipinski definition) is 5. The van der Waals surface area contributed by atoms with Gasteiger partial charge in [0, 0.05) is 46.8 Å². The Labute approximate surface area is 246 Å². The van der Waals surface area contributed by atoms with Gasteiger partial charge in [-0.3, -0.25) is 23.7 Å². The van der Waals surface area contributed by atoms with Crippen LogP contribution in [-0.4, -0.2) is 54.7 Å². The average Bonchev–Trinajstić information content (AvgIpc) is 3.36. The van der Waals surface area contributed by atoms with Crippen molar-refractivity contribution in [2.24, 2.45) is 14.1 Å². The number of aromatic nitrogens is 4. The molecule has 0 atom stereocenters. The Morgan fingerprint density at radius 3 is 2.00 bits per heavy atom. The molecule has 1 saturated heterocycles. The molecule has 6 rings (SSSR count). The van der Waals surface area contributed by atoms with Gasteiger partial charge in [-0.2, -0.15) is 0 Å². The van der Waals surface area contributed by atoms with E-state index < -0.39 is 0 Å². The highest BCUT2D eigenvalue weighted by molar-refractivity contribution is 5.71. The molecule has 2 aromatic heterocycles. The molecule has 42 heavy (non-hydrogen) atoms. The number of fused-ring (bicyclic) bond motifs is 1. The van der Waals surface area contributed by atoms with E-state index >= 15 is 0 Å². The third-order valence-electron chi connectivity index (χ3n) is 8.63. The first-order valence-electron chi connectivity index (χ1n) is 14.6. The van der Waals surface area contributed by atoms with Crippen molar-refractivity contribution in [3.63, 3.8) is 0 Å². The molecule has 8 nitrogen and oxygen atoms in total. The first kappa shape index (κ1) is 27.9. The molecule has 0 saturated carbocycles. The Morgan fingerprint density at radius 1 is 0.762 bits per heavy atom. The van der Waals surface area contributed by atoms with Crippen LogP contribution in [0.1, 0.15) is 39.7 Å². The molecule has 0 bridgehead atoms. The lowest BCUT2D eigenvalue weighted by molar-refractivity contribution is 0.102. The number of imidazole rings is 1. The number of aryl methyl sites for hydroxylation is 3. The van der Waals surface area contributed by atoms with Gasteiger partial charge >= 0.3 is 5.69 Å². The molecule has 1 aliphatic heterocycles. The van der Waals surface area contributed by atoms with Crippen LogP contribution in [0.5, 0.6) is 0 Å². The summed E-state index contributed by atoms with van der Waals surface area (Å²) >= 11 is 0. The molecule has 0 spiro atoms. The van der Waals surface area contributed by atoms with Crippen molar-refractivity contribution in [1.29, 1.82) is 0 Å². The van der Waals surface area contributed by atoms with E-state index in [1.165, 1.54) is 32.9 Å². The Balaban J connectivity index is 1.31. The van der Waals surface area contributed by atoms with Crippen LogP contribution in [0.3, 0.4) is 0 Å². The minimum Gasteiger partial charge on any atom is -0.317 e. The van der Waals surface area contributed by atoms with Gasteiger partial charge in [0.1, 0.15) is 5.82 Å². The van der Waals surface area contributed by atoms with Crippen molar-refractivity contribution in [2.75, 3.05) is 26.2 Å². The molecule has 0 aliphatic carbocycles. The molecule has 0 N–H and O–H groups in total. The van der Waals surface area contributed by atoms with E-state index in [0.29, 0.717) is 24.3 Å². The van der Waals surface area contributed by atoms with Gasteiger partial charge in [-0.05, 0) is 36.1 Å². The summed E-state index contributed by atoms with van der Waals surface area (Å²) < 4.78 is 4.70. The SMILES string of the molecule is Cc1ccc(C)c(Cn2c(CN3CCN(C(c4ccccc4)c4ccccc4)CC3)nc3c2c(=O)n(C)c(=O)n3C)c1. The van der Waals surface area contributed by atoms with Gasteiger partial charge < -0.3 is 4.57 Å². The highest BCUT2D eigenvalue weighted by Crippen LogP contribution is 2.30. The van der Waals surface area contributed by atoms with Gasteiger partial charge in [-0.1, -0.05) is 84.4 Å². The van der Waals surface area contributed by atoms with Gasteiger partial charge in [-0.15, -0.1) is 0 Å². The van der Waals surface area contributed by atoms with Crippen LogP contribution in [0.2, 0.25) is 0 Å². The van der Waals surface area contributed by atoms with Gasteiger partial charge in [0.05, 0.1) is 12.6 Å². The fourth-order valence-electron chi connectivity index (χ4n) is 6.19. The predicted molar refractivity (Wildman–Crippen MR) is 167 cm³/mol. The Kier molecular flexibility index (Phi) is 7.66. The molecule has 1 fully saturated rings. The van der Waals surface area contributed by atoms with Crippen molar-refractivity contribution in [3.8, 4) is 0 Å². The van der Waals surface area contributed by atoms with E-state index in [9.17, 15) is 9.59 Å². The van der Waals surface area contributed by atoms with Crippen LogP contribution in [0.25, 0.3) is 11.2 Å². The van der Waals surface area contributed by atoms with Crippen LogP contribution >= 0.6 is 0 Å². The van der Waals surface area contributed by atoms with Crippen molar-refractivity contribution in [3.05, 3.63) is 133 Å². The third kappa shape index (κ3) is 5.24. The van der Waals surface area contributed by atoms with Crippen LogP contribution in [0.4, 0.5) is 0 Å². The number of piperazine rings is 1. The molecule has 0 amide bonds. The predicted octanol–water partition coefficient (Wildman–Crippen LogP) is 4.01. The van der Waals surface area contributed by atoms with Crippen LogP contribution < -0.4 is 11.2 Å². The second-order valence-electron chi connectivity index (χ2n) is 11.5.